The fourth-order valence-electron chi connectivity index (χ4n) is 3.36. The van der Waals surface area contributed by atoms with Crippen molar-refractivity contribution < 1.29 is 22.8 Å². The summed E-state index contributed by atoms with van der Waals surface area (Å²) in [6, 6.07) is 11.1. The van der Waals surface area contributed by atoms with Gasteiger partial charge in [-0.1, -0.05) is 0 Å². The Morgan fingerprint density at radius 1 is 1.13 bits per heavy atom. The molecule has 1 fully saturated rings. The maximum atomic E-state index is 13.4. The minimum atomic E-state index is -4.76. The number of benzene rings is 2. The second kappa shape index (κ2) is 7.67. The molecule has 2 aromatic carbocycles. The van der Waals surface area contributed by atoms with Crippen LogP contribution in [0.3, 0.4) is 0 Å². The first-order chi connectivity index (χ1) is 14.4. The molecule has 0 atom stereocenters. The molecule has 1 N–H and O–H groups in total. The van der Waals surface area contributed by atoms with Crippen molar-refractivity contribution in [3.05, 3.63) is 53.6 Å². The summed E-state index contributed by atoms with van der Waals surface area (Å²) in [6.07, 6.45) is -4.76. The van der Waals surface area contributed by atoms with E-state index in [0.29, 0.717) is 11.4 Å². The zero-order chi connectivity index (χ0) is 23.1. The summed E-state index contributed by atoms with van der Waals surface area (Å²) < 4.78 is 40.2. The highest BCUT2D eigenvalue weighted by molar-refractivity contribution is 7.81. The molecule has 2 aromatic rings. The average molecular weight is 446 g/mol. The van der Waals surface area contributed by atoms with Crippen molar-refractivity contribution in [3.63, 3.8) is 0 Å². The highest BCUT2D eigenvalue weighted by Gasteiger charge is 2.50. The largest absolute Gasteiger partial charge is 0.417 e. The van der Waals surface area contributed by atoms with Gasteiger partial charge in [0.2, 0.25) is 5.91 Å². The van der Waals surface area contributed by atoms with Gasteiger partial charge in [0, 0.05) is 18.3 Å². The van der Waals surface area contributed by atoms with E-state index in [9.17, 15) is 22.8 Å². The van der Waals surface area contributed by atoms with Crippen molar-refractivity contribution in [3.8, 4) is 6.07 Å². The van der Waals surface area contributed by atoms with Gasteiger partial charge >= 0.3 is 6.18 Å². The highest BCUT2D eigenvalue weighted by atomic mass is 32.1. The normalized spacial score (nSPS) is 15.8. The summed E-state index contributed by atoms with van der Waals surface area (Å²) >= 11 is 5.47. The Hall–Kier alpha value is -3.45. The summed E-state index contributed by atoms with van der Waals surface area (Å²) in [6.45, 7) is 4.59. The molecule has 0 radical (unpaired) electrons. The maximum Gasteiger partial charge on any atom is 0.417 e. The van der Waals surface area contributed by atoms with Crippen molar-refractivity contribution in [2.45, 2.75) is 32.5 Å². The van der Waals surface area contributed by atoms with Crippen LogP contribution >= 0.6 is 12.2 Å². The fourth-order valence-corrected chi connectivity index (χ4v) is 3.88. The number of carbonyl (C=O) groups is 2. The van der Waals surface area contributed by atoms with Gasteiger partial charge in [0.1, 0.15) is 5.54 Å². The second-order valence-corrected chi connectivity index (χ2v) is 7.75. The van der Waals surface area contributed by atoms with Crippen LogP contribution in [0.2, 0.25) is 0 Å². The summed E-state index contributed by atoms with van der Waals surface area (Å²) in [5.41, 5.74) is -1.86. The molecule has 2 amide bonds. The van der Waals surface area contributed by atoms with E-state index in [1.165, 1.54) is 24.0 Å². The molecular formula is C21H17F3N4O2S. The van der Waals surface area contributed by atoms with E-state index < -0.39 is 28.7 Å². The minimum Gasteiger partial charge on any atom is -0.326 e. The lowest BCUT2D eigenvalue weighted by Crippen LogP contribution is -2.44. The summed E-state index contributed by atoms with van der Waals surface area (Å²) in [5, 5.41) is 11.6. The van der Waals surface area contributed by atoms with Crippen LogP contribution in [-0.4, -0.2) is 22.5 Å². The molecule has 160 valence electrons. The summed E-state index contributed by atoms with van der Waals surface area (Å²) in [5.74, 6) is -0.756. The van der Waals surface area contributed by atoms with Gasteiger partial charge in [0.05, 0.1) is 22.9 Å². The number of nitrogens with zero attached hydrogens (tertiary/aromatic N) is 3. The van der Waals surface area contributed by atoms with Crippen LogP contribution in [-0.2, 0) is 15.8 Å². The molecule has 1 aliphatic rings. The second-order valence-electron chi connectivity index (χ2n) is 7.39. The first kappa shape index (κ1) is 22.2. The number of hydrogen-bond donors (Lipinski definition) is 1. The van der Waals surface area contributed by atoms with E-state index in [1.54, 1.807) is 38.1 Å². The van der Waals surface area contributed by atoms with Crippen molar-refractivity contribution in [2.24, 2.45) is 0 Å². The highest BCUT2D eigenvalue weighted by Crippen LogP contribution is 2.39. The number of anilines is 3. The number of amides is 2. The number of hydrogen-bond acceptors (Lipinski definition) is 4. The standard InChI is InChI=1S/C21H17F3N4O2S/c1-12(29)26-14-5-8-15(9-6-14)28-19(31)27(18(30)20(28,2)3)16-7-4-13(11-25)17(10-16)21(22,23)24/h4-10H,1-3H3,(H,26,29). The van der Waals surface area contributed by atoms with Crippen LogP contribution < -0.4 is 15.1 Å². The predicted octanol–water partition coefficient (Wildman–Crippen LogP) is 4.45. The monoisotopic (exact) mass is 446 g/mol. The topological polar surface area (TPSA) is 76.4 Å². The fraction of sp³-hybridized carbons (Fsp3) is 0.238. The molecule has 6 nitrogen and oxygen atoms in total. The third kappa shape index (κ3) is 3.96. The lowest BCUT2D eigenvalue weighted by molar-refractivity contribution is -0.137. The van der Waals surface area contributed by atoms with Crippen molar-refractivity contribution in [1.82, 2.24) is 0 Å². The van der Waals surface area contributed by atoms with Crippen LogP contribution in [0.5, 0.6) is 0 Å². The van der Waals surface area contributed by atoms with E-state index in [2.05, 4.69) is 5.32 Å². The Morgan fingerprint density at radius 3 is 2.23 bits per heavy atom. The van der Waals surface area contributed by atoms with Gasteiger partial charge in [-0.25, -0.2) is 0 Å². The van der Waals surface area contributed by atoms with Gasteiger partial charge in [-0.15, -0.1) is 0 Å². The van der Waals surface area contributed by atoms with Crippen LogP contribution in [0, 0.1) is 11.3 Å². The zero-order valence-electron chi connectivity index (χ0n) is 16.7. The predicted molar refractivity (Wildman–Crippen MR) is 114 cm³/mol. The Kier molecular flexibility index (Phi) is 5.50. The van der Waals surface area contributed by atoms with E-state index >= 15 is 0 Å². The molecule has 0 aliphatic carbocycles. The smallest absolute Gasteiger partial charge is 0.326 e. The number of halogens is 3. The number of thiocarbonyl (C=S) groups is 1. The molecule has 0 spiro atoms. The SMILES string of the molecule is CC(=O)Nc1ccc(N2C(=S)N(c3ccc(C#N)c(C(F)(F)F)c3)C(=O)C2(C)C)cc1. The molecular weight excluding hydrogens is 429 g/mol. The molecule has 0 saturated carbocycles. The van der Waals surface area contributed by atoms with Crippen molar-refractivity contribution in [2.75, 3.05) is 15.1 Å². The molecule has 0 aromatic heterocycles. The van der Waals surface area contributed by atoms with Gasteiger partial charge in [-0.3, -0.25) is 14.5 Å². The number of carbonyl (C=O) groups excluding carboxylic acids is 2. The minimum absolute atomic E-state index is 0.000101. The van der Waals surface area contributed by atoms with Crippen molar-refractivity contribution in [1.29, 1.82) is 5.26 Å². The third-order valence-corrected chi connectivity index (χ3v) is 5.17. The van der Waals surface area contributed by atoms with E-state index in [0.717, 1.165) is 17.0 Å². The zero-order valence-corrected chi connectivity index (χ0v) is 17.6. The molecule has 3 rings (SSSR count). The van der Waals surface area contributed by atoms with Gasteiger partial charge < -0.3 is 10.2 Å². The number of rotatable bonds is 3. The molecule has 1 aliphatic heterocycles. The molecule has 1 heterocycles. The molecule has 1 saturated heterocycles. The van der Waals surface area contributed by atoms with Gasteiger partial charge in [-0.2, -0.15) is 18.4 Å². The van der Waals surface area contributed by atoms with Gasteiger partial charge in [-0.05, 0) is 68.5 Å². The van der Waals surface area contributed by atoms with Crippen LogP contribution in [0.15, 0.2) is 42.5 Å². The third-order valence-electron chi connectivity index (χ3n) is 4.80. The quantitative estimate of drug-likeness (QED) is 0.705. The molecule has 0 bridgehead atoms. The first-order valence-corrected chi connectivity index (χ1v) is 9.46. The Bertz CT molecular complexity index is 1120. The van der Waals surface area contributed by atoms with Crippen LogP contribution in [0.25, 0.3) is 0 Å². The Balaban J connectivity index is 2.04. The number of nitriles is 1. The molecule has 0 unspecified atom stereocenters. The van der Waals surface area contributed by atoms with Crippen LogP contribution in [0.4, 0.5) is 30.2 Å². The lowest BCUT2D eigenvalue weighted by atomic mass is 10.0. The molecule has 10 heteroatoms. The van der Waals surface area contributed by atoms with E-state index in [4.69, 9.17) is 17.5 Å². The Labute approximate surface area is 181 Å². The Morgan fingerprint density at radius 2 is 1.71 bits per heavy atom. The maximum absolute atomic E-state index is 13.4. The lowest BCUT2D eigenvalue weighted by Gasteiger charge is -2.29. The van der Waals surface area contributed by atoms with Crippen LogP contribution in [0.1, 0.15) is 31.9 Å². The average Bonchev–Trinajstić information content (AvgIpc) is 2.85. The van der Waals surface area contributed by atoms with E-state index in [1.807, 2.05) is 0 Å². The van der Waals surface area contributed by atoms with Gasteiger partial charge in [0.25, 0.3) is 5.91 Å². The molecule has 31 heavy (non-hydrogen) atoms. The summed E-state index contributed by atoms with van der Waals surface area (Å²) in [4.78, 5) is 26.9. The first-order valence-electron chi connectivity index (χ1n) is 9.05. The van der Waals surface area contributed by atoms with Gasteiger partial charge in [0.15, 0.2) is 5.11 Å². The number of nitrogens with one attached hydrogen (secondary N) is 1. The number of alkyl halides is 3. The van der Waals surface area contributed by atoms with Crippen molar-refractivity contribution >= 4 is 46.2 Å². The summed E-state index contributed by atoms with van der Waals surface area (Å²) in [7, 11) is 0. The van der Waals surface area contributed by atoms with E-state index in [-0.39, 0.29) is 16.7 Å².